The summed E-state index contributed by atoms with van der Waals surface area (Å²) in [5.74, 6) is 0. The molecular formula is C54H76N6O8+. The molecule has 369 valence electrons. The number of ether oxygens (including phenoxy) is 8. The molecule has 0 spiro atoms. The minimum absolute atomic E-state index is 0.621. The summed E-state index contributed by atoms with van der Waals surface area (Å²) in [5, 5.41) is 0. The van der Waals surface area contributed by atoms with Crippen LogP contribution in [0.5, 0.6) is 0 Å². The van der Waals surface area contributed by atoms with E-state index in [2.05, 4.69) is 151 Å². The molecule has 5 rings (SSSR count). The van der Waals surface area contributed by atoms with Gasteiger partial charge in [0.25, 0.3) is 0 Å². The summed E-state index contributed by atoms with van der Waals surface area (Å²) in [6.45, 7) is 11.0. The van der Waals surface area contributed by atoms with Crippen LogP contribution in [0.1, 0.15) is 0 Å². The Morgan fingerprint density at radius 3 is 0.603 bits per heavy atom. The van der Waals surface area contributed by atoms with Crippen molar-refractivity contribution in [1.29, 1.82) is 0 Å². The lowest BCUT2D eigenvalue weighted by Crippen LogP contribution is -2.30. The number of rotatable bonds is 34. The number of hydrogen-bond donors (Lipinski definition) is 0. The molecule has 68 heavy (non-hydrogen) atoms. The van der Waals surface area contributed by atoms with Crippen LogP contribution >= 0.6 is 0 Å². The quantitative estimate of drug-likeness (QED) is 0.0368. The molecule has 0 unspecified atom stereocenters. The number of hydrogen-bond acceptors (Lipinski definition) is 14. The molecule has 0 aliphatic heterocycles. The molecule has 0 aliphatic rings. The van der Waals surface area contributed by atoms with Crippen LogP contribution in [-0.4, -0.2) is 162 Å². The van der Waals surface area contributed by atoms with E-state index in [4.69, 9.17) is 37.9 Å². The normalized spacial score (nSPS) is 11.3. The van der Waals surface area contributed by atoms with Gasteiger partial charge in [0.15, 0.2) is 17.1 Å². The number of methoxy groups -OCH3 is 8. The highest BCUT2D eigenvalue weighted by molar-refractivity contribution is 5.80. The monoisotopic (exact) mass is 937 g/mol. The van der Waals surface area contributed by atoms with Gasteiger partial charge in [-0.25, -0.2) is 0 Å². The van der Waals surface area contributed by atoms with Crippen molar-refractivity contribution >= 4 is 56.9 Å². The van der Waals surface area contributed by atoms with Gasteiger partial charge < -0.3 is 62.4 Å². The Labute approximate surface area is 406 Å². The SMILES string of the molecule is COCCN(CCOC)c1ccc(N(c2ccc(N(CCOC)CCOC)cc2)c2ccc([N+](c3ccc(N(CCOC)CCOC)cc3)c3ccc(N(CCOC)CCOC)cc3)cc2)cc1. The molecule has 14 heteroatoms. The van der Waals surface area contributed by atoms with Gasteiger partial charge in [0.2, 0.25) is 0 Å². The Kier molecular flexibility index (Phi) is 23.9. The first kappa shape index (κ1) is 53.7. The highest BCUT2D eigenvalue weighted by Crippen LogP contribution is 2.40. The zero-order chi connectivity index (χ0) is 48.4. The van der Waals surface area contributed by atoms with Crippen LogP contribution in [0.25, 0.3) is 0 Å². The molecule has 0 aromatic heterocycles. The van der Waals surface area contributed by atoms with Crippen molar-refractivity contribution in [2.24, 2.45) is 0 Å². The molecule has 0 amide bonds. The predicted octanol–water partition coefficient (Wildman–Crippen LogP) is 8.99. The molecule has 0 heterocycles. The van der Waals surface area contributed by atoms with Crippen LogP contribution in [0.15, 0.2) is 121 Å². The summed E-state index contributed by atoms with van der Waals surface area (Å²) in [6, 6.07) is 43.8. The fourth-order valence-corrected chi connectivity index (χ4v) is 7.99. The fourth-order valence-electron chi connectivity index (χ4n) is 7.99. The zero-order valence-electron chi connectivity index (χ0n) is 41.8. The molecule has 0 N–H and O–H groups in total. The zero-order valence-corrected chi connectivity index (χ0v) is 41.8. The topological polar surface area (TPSA) is 95.9 Å². The summed E-state index contributed by atoms with van der Waals surface area (Å²) in [6.07, 6.45) is 0. The molecule has 0 atom stereocenters. The minimum Gasteiger partial charge on any atom is -0.383 e. The molecule has 5 aromatic rings. The number of nitrogens with zero attached hydrogens (tertiary/aromatic N) is 6. The molecule has 0 bridgehead atoms. The first-order valence-electron chi connectivity index (χ1n) is 23.4. The minimum atomic E-state index is 0.621. The van der Waals surface area contributed by atoms with E-state index in [9.17, 15) is 0 Å². The molecule has 0 saturated heterocycles. The third-order valence-corrected chi connectivity index (χ3v) is 11.8. The first-order valence-corrected chi connectivity index (χ1v) is 23.4. The third kappa shape index (κ3) is 15.9. The van der Waals surface area contributed by atoms with E-state index in [1.807, 2.05) is 0 Å². The van der Waals surface area contributed by atoms with Gasteiger partial charge in [-0.1, -0.05) is 4.90 Å². The second-order valence-corrected chi connectivity index (χ2v) is 16.1. The average Bonchev–Trinajstić information content (AvgIpc) is 3.38. The van der Waals surface area contributed by atoms with Gasteiger partial charge in [-0.2, -0.15) is 0 Å². The molecule has 14 nitrogen and oxygen atoms in total. The Bertz CT molecular complexity index is 1770. The van der Waals surface area contributed by atoms with E-state index in [0.29, 0.717) is 52.9 Å². The lowest BCUT2D eigenvalue weighted by atomic mass is 10.1. The van der Waals surface area contributed by atoms with Gasteiger partial charge in [-0.15, -0.1) is 0 Å². The van der Waals surface area contributed by atoms with E-state index in [1.165, 1.54) is 0 Å². The van der Waals surface area contributed by atoms with Gasteiger partial charge in [-0.3, -0.25) is 0 Å². The fraction of sp³-hybridized carbons (Fsp3) is 0.444. The van der Waals surface area contributed by atoms with Crippen molar-refractivity contribution in [3.63, 3.8) is 0 Å². The van der Waals surface area contributed by atoms with Crippen LogP contribution in [-0.2, 0) is 37.9 Å². The molecule has 0 saturated carbocycles. The smallest absolute Gasteiger partial charge is 0.192 e. The van der Waals surface area contributed by atoms with Gasteiger partial charge >= 0.3 is 0 Å². The first-order chi connectivity index (χ1) is 33.4. The predicted molar refractivity (Wildman–Crippen MR) is 279 cm³/mol. The van der Waals surface area contributed by atoms with E-state index in [0.717, 1.165) is 109 Å². The summed E-state index contributed by atoms with van der Waals surface area (Å²) < 4.78 is 43.6. The van der Waals surface area contributed by atoms with Crippen LogP contribution in [0.2, 0.25) is 0 Å². The van der Waals surface area contributed by atoms with Gasteiger partial charge in [0, 0.05) is 185 Å². The average molecular weight is 937 g/mol. The van der Waals surface area contributed by atoms with E-state index >= 15 is 0 Å². The number of anilines is 10. The standard InChI is InChI=1S/C54H76N6O8/c1-61-37-29-55(30-38-62-2)45-9-17-49(18-10-45)59(50-19-11-46(12-20-50)56(31-39-63-3)32-40-64-4)53-25-27-54(28-26-53)60(51-21-13-47(14-22-51)57(33-41-65-5)34-42-66-6)52-23-15-48(16-24-52)58(35-43-67-7)36-44-68-8/h9-28H,29-44H2,1-8H3/q+1. The number of benzene rings is 5. The molecule has 0 aliphatic carbocycles. The van der Waals surface area contributed by atoms with E-state index < -0.39 is 0 Å². The van der Waals surface area contributed by atoms with Gasteiger partial charge in [0.1, 0.15) is 0 Å². The summed E-state index contributed by atoms with van der Waals surface area (Å²) in [7, 11) is 13.9. The van der Waals surface area contributed by atoms with Crippen LogP contribution in [0.3, 0.4) is 0 Å². The van der Waals surface area contributed by atoms with Crippen LogP contribution in [0.4, 0.5) is 56.9 Å². The molecule has 1 radical (unpaired) electrons. The maximum atomic E-state index is 5.45. The second-order valence-electron chi connectivity index (χ2n) is 16.1. The van der Waals surface area contributed by atoms with E-state index in [1.54, 1.807) is 56.9 Å². The Balaban J connectivity index is 1.58. The van der Waals surface area contributed by atoms with Gasteiger partial charge in [-0.05, 0) is 84.9 Å². The van der Waals surface area contributed by atoms with Crippen LogP contribution < -0.4 is 29.4 Å². The highest BCUT2D eigenvalue weighted by atomic mass is 16.5. The Hall–Kier alpha value is -5.26. The van der Waals surface area contributed by atoms with Crippen LogP contribution in [0, 0.1) is 0 Å². The summed E-state index contributed by atoms with van der Waals surface area (Å²) in [5.41, 5.74) is 10.6. The van der Waals surface area contributed by atoms with Crippen molar-refractivity contribution in [3.05, 3.63) is 121 Å². The van der Waals surface area contributed by atoms with Crippen molar-refractivity contribution < 1.29 is 37.9 Å². The Morgan fingerprint density at radius 2 is 0.412 bits per heavy atom. The van der Waals surface area contributed by atoms with E-state index in [-0.39, 0.29) is 0 Å². The lowest BCUT2D eigenvalue weighted by molar-refractivity contribution is 0.190. The third-order valence-electron chi connectivity index (χ3n) is 11.8. The summed E-state index contributed by atoms with van der Waals surface area (Å²) in [4.78, 5) is 13.8. The largest absolute Gasteiger partial charge is 0.383 e. The highest BCUT2D eigenvalue weighted by Gasteiger charge is 2.27. The lowest BCUT2D eigenvalue weighted by Gasteiger charge is -2.29. The van der Waals surface area contributed by atoms with Crippen molar-refractivity contribution in [1.82, 2.24) is 4.90 Å². The maximum absolute atomic E-state index is 5.45. The molecule has 0 fully saturated rings. The summed E-state index contributed by atoms with van der Waals surface area (Å²) >= 11 is 0. The van der Waals surface area contributed by atoms with Crippen molar-refractivity contribution in [2.75, 3.05) is 187 Å². The maximum Gasteiger partial charge on any atom is 0.192 e. The molecular weight excluding hydrogens is 861 g/mol. The van der Waals surface area contributed by atoms with Crippen molar-refractivity contribution in [2.45, 2.75) is 0 Å². The van der Waals surface area contributed by atoms with Crippen molar-refractivity contribution in [3.8, 4) is 0 Å². The molecule has 5 aromatic carbocycles. The van der Waals surface area contributed by atoms with Gasteiger partial charge in [0.05, 0.1) is 52.9 Å². The second kappa shape index (κ2) is 30.3. The Morgan fingerprint density at radius 1 is 0.250 bits per heavy atom.